The van der Waals surface area contributed by atoms with Crippen molar-refractivity contribution < 1.29 is 4.79 Å². The zero-order valence-electron chi connectivity index (χ0n) is 15.6. The normalized spacial score (nSPS) is 15.3. The molecule has 4 rings (SSSR count). The number of urea groups is 1. The highest BCUT2D eigenvalue weighted by Gasteiger charge is 2.26. The van der Waals surface area contributed by atoms with Crippen molar-refractivity contribution in [3.8, 4) is 0 Å². The van der Waals surface area contributed by atoms with Crippen molar-refractivity contribution in [2.24, 2.45) is 0 Å². The highest BCUT2D eigenvalue weighted by atomic mass is 35.5. The maximum absolute atomic E-state index is 12.7. The van der Waals surface area contributed by atoms with Gasteiger partial charge in [-0.05, 0) is 56.0 Å². The Morgan fingerprint density at radius 2 is 1.89 bits per heavy atom. The molecule has 5 nitrogen and oxygen atoms in total. The van der Waals surface area contributed by atoms with Crippen LogP contribution in [-0.2, 0) is 0 Å². The van der Waals surface area contributed by atoms with Crippen molar-refractivity contribution in [3.05, 3.63) is 58.4 Å². The molecule has 3 aromatic rings. The molecule has 1 saturated heterocycles. The Morgan fingerprint density at radius 3 is 2.59 bits per heavy atom. The summed E-state index contributed by atoms with van der Waals surface area (Å²) >= 11 is 6.06. The van der Waals surface area contributed by atoms with Crippen LogP contribution in [-0.4, -0.2) is 34.0 Å². The highest BCUT2D eigenvalue weighted by Crippen LogP contribution is 2.29. The van der Waals surface area contributed by atoms with E-state index in [-0.39, 0.29) is 6.03 Å². The number of hydrogen-bond acceptors (Lipinski definition) is 2. The fourth-order valence-electron chi connectivity index (χ4n) is 3.75. The van der Waals surface area contributed by atoms with Crippen LogP contribution in [0, 0.1) is 13.8 Å². The predicted molar refractivity (Wildman–Crippen MR) is 110 cm³/mol. The molecule has 0 spiro atoms. The standard InChI is InChI=1S/C21H23ClN4O/c1-13-4-3-5-14(2)19(13)25-21(27)26-10-8-15(9-11-26)20-23-17-7-6-16(22)12-18(17)24-20/h3-7,12,15H,8-11H2,1-2H3,(H,23,24)(H,25,27). The number of benzene rings is 2. The summed E-state index contributed by atoms with van der Waals surface area (Å²) in [5.74, 6) is 1.32. The first-order valence-electron chi connectivity index (χ1n) is 9.28. The molecule has 0 atom stereocenters. The lowest BCUT2D eigenvalue weighted by Gasteiger charge is -2.31. The largest absolute Gasteiger partial charge is 0.342 e. The van der Waals surface area contributed by atoms with E-state index in [4.69, 9.17) is 16.6 Å². The quantitative estimate of drug-likeness (QED) is 0.636. The van der Waals surface area contributed by atoms with E-state index in [1.54, 1.807) is 0 Å². The number of anilines is 1. The van der Waals surface area contributed by atoms with Crippen molar-refractivity contribution in [2.45, 2.75) is 32.6 Å². The molecule has 2 amide bonds. The van der Waals surface area contributed by atoms with Gasteiger partial charge in [-0.25, -0.2) is 9.78 Å². The van der Waals surface area contributed by atoms with E-state index in [9.17, 15) is 4.79 Å². The Hall–Kier alpha value is -2.53. The number of carbonyl (C=O) groups is 1. The van der Waals surface area contributed by atoms with Gasteiger partial charge in [-0.15, -0.1) is 0 Å². The minimum absolute atomic E-state index is 0.0257. The van der Waals surface area contributed by atoms with Gasteiger partial charge in [-0.2, -0.15) is 0 Å². The third-order valence-electron chi connectivity index (χ3n) is 5.34. The molecule has 27 heavy (non-hydrogen) atoms. The Morgan fingerprint density at radius 1 is 1.19 bits per heavy atom. The van der Waals surface area contributed by atoms with E-state index in [0.29, 0.717) is 10.9 Å². The number of para-hydroxylation sites is 1. The van der Waals surface area contributed by atoms with Gasteiger partial charge in [0.05, 0.1) is 11.0 Å². The van der Waals surface area contributed by atoms with Crippen molar-refractivity contribution in [3.63, 3.8) is 0 Å². The molecule has 0 aliphatic carbocycles. The van der Waals surface area contributed by atoms with Crippen LogP contribution >= 0.6 is 11.6 Å². The summed E-state index contributed by atoms with van der Waals surface area (Å²) in [6, 6.07) is 11.7. The van der Waals surface area contributed by atoms with Crippen LogP contribution in [0.1, 0.15) is 35.7 Å². The van der Waals surface area contributed by atoms with E-state index < -0.39 is 0 Å². The van der Waals surface area contributed by atoms with Gasteiger partial charge >= 0.3 is 6.03 Å². The van der Waals surface area contributed by atoms with Crippen molar-refractivity contribution in [1.29, 1.82) is 0 Å². The number of fused-ring (bicyclic) bond motifs is 1. The van der Waals surface area contributed by atoms with Gasteiger partial charge in [0, 0.05) is 29.7 Å². The molecule has 1 aromatic heterocycles. The number of aryl methyl sites for hydroxylation is 2. The number of piperidine rings is 1. The van der Waals surface area contributed by atoms with Gasteiger partial charge in [0.25, 0.3) is 0 Å². The summed E-state index contributed by atoms with van der Waals surface area (Å²) in [5.41, 5.74) is 4.98. The minimum Gasteiger partial charge on any atom is -0.342 e. The van der Waals surface area contributed by atoms with Crippen LogP contribution in [0.5, 0.6) is 0 Å². The molecule has 2 heterocycles. The number of nitrogens with one attached hydrogen (secondary N) is 2. The first kappa shape index (κ1) is 17.9. The number of amides is 2. The molecular formula is C21H23ClN4O. The van der Waals surface area contributed by atoms with Crippen molar-refractivity contribution in [2.75, 3.05) is 18.4 Å². The second-order valence-corrected chi connectivity index (χ2v) is 7.68. The minimum atomic E-state index is -0.0257. The molecular weight excluding hydrogens is 360 g/mol. The Labute approximate surface area is 163 Å². The Balaban J connectivity index is 1.41. The number of imidazole rings is 1. The van der Waals surface area contributed by atoms with Gasteiger partial charge in [0.1, 0.15) is 5.82 Å². The van der Waals surface area contributed by atoms with Crippen LogP contribution in [0.3, 0.4) is 0 Å². The fraction of sp³-hybridized carbons (Fsp3) is 0.333. The molecule has 2 N–H and O–H groups in total. The number of nitrogens with zero attached hydrogens (tertiary/aromatic N) is 2. The molecule has 0 bridgehead atoms. The lowest BCUT2D eigenvalue weighted by molar-refractivity contribution is 0.193. The van der Waals surface area contributed by atoms with Gasteiger partial charge in [0.2, 0.25) is 0 Å². The van der Waals surface area contributed by atoms with Crippen LogP contribution in [0.15, 0.2) is 36.4 Å². The maximum Gasteiger partial charge on any atom is 0.321 e. The summed E-state index contributed by atoms with van der Waals surface area (Å²) < 4.78 is 0. The van der Waals surface area contributed by atoms with Crippen LogP contribution in [0.25, 0.3) is 11.0 Å². The molecule has 2 aromatic carbocycles. The van der Waals surface area contributed by atoms with Gasteiger partial charge in [-0.3, -0.25) is 0 Å². The fourth-order valence-corrected chi connectivity index (χ4v) is 3.92. The van der Waals surface area contributed by atoms with Crippen LogP contribution < -0.4 is 5.32 Å². The second kappa shape index (κ2) is 7.24. The number of halogens is 1. The zero-order valence-corrected chi connectivity index (χ0v) is 16.3. The van der Waals surface area contributed by atoms with Crippen molar-refractivity contribution >= 4 is 34.4 Å². The number of aromatic amines is 1. The summed E-state index contributed by atoms with van der Waals surface area (Å²) in [6.45, 7) is 5.48. The predicted octanol–water partition coefficient (Wildman–Crippen LogP) is 5.24. The van der Waals surface area contributed by atoms with Gasteiger partial charge < -0.3 is 15.2 Å². The summed E-state index contributed by atoms with van der Waals surface area (Å²) in [7, 11) is 0. The van der Waals surface area contributed by atoms with E-state index in [1.165, 1.54) is 0 Å². The first-order chi connectivity index (χ1) is 13.0. The molecule has 0 radical (unpaired) electrons. The number of aromatic nitrogens is 2. The average molecular weight is 383 g/mol. The summed E-state index contributed by atoms with van der Waals surface area (Å²) in [5, 5.41) is 3.78. The monoisotopic (exact) mass is 382 g/mol. The molecule has 0 unspecified atom stereocenters. The van der Waals surface area contributed by atoms with Crippen molar-refractivity contribution in [1.82, 2.24) is 14.9 Å². The highest BCUT2D eigenvalue weighted by molar-refractivity contribution is 6.31. The molecule has 140 valence electrons. The van der Waals surface area contributed by atoms with E-state index >= 15 is 0 Å². The first-order valence-corrected chi connectivity index (χ1v) is 9.66. The topological polar surface area (TPSA) is 61.0 Å². The smallest absolute Gasteiger partial charge is 0.321 e. The summed E-state index contributed by atoms with van der Waals surface area (Å²) in [4.78, 5) is 22.7. The SMILES string of the molecule is Cc1cccc(C)c1NC(=O)N1CCC(c2nc3ccc(Cl)cc3[nH]2)CC1. The Kier molecular flexibility index (Phi) is 4.79. The second-order valence-electron chi connectivity index (χ2n) is 7.24. The summed E-state index contributed by atoms with van der Waals surface area (Å²) in [6.07, 6.45) is 1.79. The third kappa shape index (κ3) is 3.65. The van der Waals surface area contributed by atoms with E-state index in [0.717, 1.165) is 59.6 Å². The number of carbonyl (C=O) groups excluding carboxylic acids is 1. The number of H-pyrrole nitrogens is 1. The molecule has 1 fully saturated rings. The molecule has 1 aliphatic rings. The average Bonchev–Trinajstić information content (AvgIpc) is 3.08. The third-order valence-corrected chi connectivity index (χ3v) is 5.58. The molecule has 6 heteroatoms. The lowest BCUT2D eigenvalue weighted by Crippen LogP contribution is -2.40. The van der Waals surface area contributed by atoms with E-state index in [1.807, 2.05) is 55.1 Å². The number of rotatable bonds is 2. The van der Waals surface area contributed by atoms with E-state index in [2.05, 4.69) is 10.3 Å². The lowest BCUT2D eigenvalue weighted by atomic mass is 9.96. The Bertz CT molecular complexity index is 969. The van der Waals surface area contributed by atoms with Gasteiger partial charge in [-0.1, -0.05) is 29.8 Å². The maximum atomic E-state index is 12.7. The van der Waals surface area contributed by atoms with Gasteiger partial charge in [0.15, 0.2) is 0 Å². The van der Waals surface area contributed by atoms with Crippen LogP contribution in [0.4, 0.5) is 10.5 Å². The van der Waals surface area contributed by atoms with Crippen LogP contribution in [0.2, 0.25) is 5.02 Å². The molecule has 1 aliphatic heterocycles. The zero-order chi connectivity index (χ0) is 19.0. The molecule has 0 saturated carbocycles. The number of likely N-dealkylation sites (tertiary alicyclic amines) is 1. The number of hydrogen-bond donors (Lipinski definition) is 2.